The summed E-state index contributed by atoms with van der Waals surface area (Å²) < 4.78 is 9.36. The number of ether oxygens (including phenoxy) is 1. The molecule has 0 fully saturated rings. The van der Waals surface area contributed by atoms with Gasteiger partial charge >= 0.3 is 0 Å². The SMILES string of the molecule is COc1ccc(CCn2c(C)cc(C(=O)Cn3cnc4ccccc43)c2C)cc1. The quantitative estimate of drug-likeness (QED) is 0.436. The molecule has 0 saturated heterocycles. The van der Waals surface area contributed by atoms with E-state index in [2.05, 4.69) is 28.6 Å². The fraction of sp³-hybridized carbons (Fsp3) is 0.250. The summed E-state index contributed by atoms with van der Waals surface area (Å²) in [7, 11) is 1.67. The third-order valence-corrected chi connectivity index (χ3v) is 5.50. The van der Waals surface area contributed by atoms with Crippen molar-refractivity contribution < 1.29 is 9.53 Å². The maximum atomic E-state index is 13.0. The van der Waals surface area contributed by atoms with Crippen LogP contribution in [0.1, 0.15) is 27.3 Å². The highest BCUT2D eigenvalue weighted by molar-refractivity contribution is 5.98. The third kappa shape index (κ3) is 3.81. The van der Waals surface area contributed by atoms with Crippen molar-refractivity contribution in [2.45, 2.75) is 33.4 Å². The lowest BCUT2D eigenvalue weighted by atomic mass is 10.1. The maximum absolute atomic E-state index is 13.0. The van der Waals surface area contributed by atoms with E-state index in [-0.39, 0.29) is 5.78 Å². The highest BCUT2D eigenvalue weighted by Crippen LogP contribution is 2.20. The molecule has 0 N–H and O–H groups in total. The number of hydrogen-bond donors (Lipinski definition) is 0. The number of ketones is 1. The van der Waals surface area contributed by atoms with Crippen molar-refractivity contribution in [2.24, 2.45) is 0 Å². The number of Topliss-reactive ketones (excluding diaryl/α,β-unsaturated/α-hetero) is 1. The Morgan fingerprint density at radius 3 is 2.59 bits per heavy atom. The first-order chi connectivity index (χ1) is 14.1. The number of hydrogen-bond acceptors (Lipinski definition) is 3. The van der Waals surface area contributed by atoms with Gasteiger partial charge in [-0.15, -0.1) is 0 Å². The van der Waals surface area contributed by atoms with E-state index in [4.69, 9.17) is 4.74 Å². The number of benzene rings is 2. The number of rotatable bonds is 7. The number of methoxy groups -OCH3 is 1. The first-order valence-corrected chi connectivity index (χ1v) is 9.79. The molecule has 0 radical (unpaired) electrons. The molecule has 0 aliphatic rings. The molecule has 29 heavy (non-hydrogen) atoms. The lowest BCUT2D eigenvalue weighted by molar-refractivity contribution is 0.0972. The largest absolute Gasteiger partial charge is 0.497 e. The van der Waals surface area contributed by atoms with Crippen molar-refractivity contribution >= 4 is 16.8 Å². The predicted octanol–water partition coefficient (Wildman–Crippen LogP) is 4.59. The molecule has 2 aromatic heterocycles. The number of aryl methyl sites for hydroxylation is 2. The third-order valence-electron chi connectivity index (χ3n) is 5.50. The molecule has 0 bridgehead atoms. The molecule has 0 unspecified atom stereocenters. The summed E-state index contributed by atoms with van der Waals surface area (Å²) in [6.45, 7) is 5.22. The van der Waals surface area contributed by atoms with Crippen LogP contribution in [-0.4, -0.2) is 27.0 Å². The first kappa shape index (κ1) is 19.0. The summed E-state index contributed by atoms with van der Waals surface area (Å²) >= 11 is 0. The molecular weight excluding hydrogens is 362 g/mol. The minimum atomic E-state index is 0.108. The standard InChI is InChI=1S/C24H25N3O2/c1-17-14-21(24(28)15-26-16-25-22-6-4-5-7-23(22)26)18(2)27(17)13-12-19-8-10-20(29-3)11-9-19/h4-11,14,16H,12-13,15H2,1-3H3. The first-order valence-electron chi connectivity index (χ1n) is 9.79. The van der Waals surface area contributed by atoms with Crippen molar-refractivity contribution in [3.8, 4) is 5.75 Å². The molecule has 5 heteroatoms. The minimum absolute atomic E-state index is 0.108. The summed E-state index contributed by atoms with van der Waals surface area (Å²) in [4.78, 5) is 17.4. The highest BCUT2D eigenvalue weighted by atomic mass is 16.5. The van der Waals surface area contributed by atoms with Crippen LogP contribution in [0.5, 0.6) is 5.75 Å². The summed E-state index contributed by atoms with van der Waals surface area (Å²) in [6, 6.07) is 18.0. The van der Waals surface area contributed by atoms with Crippen LogP contribution >= 0.6 is 0 Å². The molecule has 4 rings (SSSR count). The lowest BCUT2D eigenvalue weighted by Crippen LogP contribution is -2.11. The Morgan fingerprint density at radius 2 is 1.83 bits per heavy atom. The van der Waals surface area contributed by atoms with E-state index in [0.29, 0.717) is 6.54 Å². The van der Waals surface area contributed by atoms with Crippen molar-refractivity contribution in [1.82, 2.24) is 14.1 Å². The van der Waals surface area contributed by atoms with Crippen LogP contribution in [-0.2, 0) is 19.5 Å². The zero-order valence-corrected chi connectivity index (χ0v) is 17.1. The highest BCUT2D eigenvalue weighted by Gasteiger charge is 2.17. The molecule has 0 aliphatic heterocycles. The van der Waals surface area contributed by atoms with Gasteiger partial charge < -0.3 is 13.9 Å². The Bertz CT molecular complexity index is 1150. The fourth-order valence-electron chi connectivity index (χ4n) is 3.84. The van der Waals surface area contributed by atoms with Gasteiger partial charge in [-0.1, -0.05) is 24.3 Å². The normalized spacial score (nSPS) is 11.1. The van der Waals surface area contributed by atoms with Gasteiger partial charge in [-0.05, 0) is 56.2 Å². The summed E-state index contributed by atoms with van der Waals surface area (Å²) in [5, 5.41) is 0. The van der Waals surface area contributed by atoms with Gasteiger partial charge in [0, 0.05) is 23.5 Å². The van der Waals surface area contributed by atoms with Crippen LogP contribution in [0.25, 0.3) is 11.0 Å². The average Bonchev–Trinajstić information content (AvgIpc) is 3.27. The molecule has 2 heterocycles. The Hall–Kier alpha value is -3.34. The smallest absolute Gasteiger partial charge is 0.184 e. The van der Waals surface area contributed by atoms with E-state index in [1.54, 1.807) is 13.4 Å². The number of nitrogens with zero attached hydrogens (tertiary/aromatic N) is 3. The average molecular weight is 387 g/mol. The molecule has 2 aromatic carbocycles. The second-order valence-electron chi connectivity index (χ2n) is 7.32. The Labute approximate surface area is 170 Å². The molecule has 0 amide bonds. The summed E-state index contributed by atoms with van der Waals surface area (Å²) in [6.07, 6.45) is 2.64. The monoisotopic (exact) mass is 387 g/mol. The molecule has 0 aliphatic carbocycles. The second-order valence-corrected chi connectivity index (χ2v) is 7.32. The molecule has 0 atom stereocenters. The number of fused-ring (bicyclic) bond motifs is 1. The van der Waals surface area contributed by atoms with Crippen LogP contribution in [0, 0.1) is 13.8 Å². The van der Waals surface area contributed by atoms with Gasteiger partial charge in [-0.2, -0.15) is 0 Å². The van der Waals surface area contributed by atoms with Crippen molar-refractivity contribution in [2.75, 3.05) is 7.11 Å². The van der Waals surface area contributed by atoms with E-state index >= 15 is 0 Å². The zero-order valence-electron chi connectivity index (χ0n) is 17.1. The van der Waals surface area contributed by atoms with Crippen molar-refractivity contribution in [3.63, 3.8) is 0 Å². The topological polar surface area (TPSA) is 49.0 Å². The van der Waals surface area contributed by atoms with Gasteiger partial charge in [-0.3, -0.25) is 4.79 Å². The number of carbonyl (C=O) groups excluding carboxylic acids is 1. The van der Waals surface area contributed by atoms with E-state index < -0.39 is 0 Å². The van der Waals surface area contributed by atoms with Crippen LogP contribution in [0.4, 0.5) is 0 Å². The van der Waals surface area contributed by atoms with Gasteiger partial charge in [0.25, 0.3) is 0 Å². The Balaban J connectivity index is 1.50. The number of aromatic nitrogens is 3. The summed E-state index contributed by atoms with van der Waals surface area (Å²) in [5.41, 5.74) is 6.05. The van der Waals surface area contributed by atoms with Crippen molar-refractivity contribution in [3.05, 3.63) is 83.4 Å². The van der Waals surface area contributed by atoms with Gasteiger partial charge in [0.05, 0.1) is 31.0 Å². The van der Waals surface area contributed by atoms with Gasteiger partial charge in [0.2, 0.25) is 0 Å². The maximum Gasteiger partial charge on any atom is 0.184 e. The molecule has 4 aromatic rings. The molecule has 5 nitrogen and oxygen atoms in total. The van der Waals surface area contributed by atoms with E-state index in [1.165, 1.54) is 5.56 Å². The second kappa shape index (κ2) is 7.95. The van der Waals surface area contributed by atoms with Crippen LogP contribution in [0.15, 0.2) is 60.9 Å². The van der Waals surface area contributed by atoms with E-state index in [0.717, 1.165) is 46.7 Å². The van der Waals surface area contributed by atoms with Gasteiger partial charge in [-0.25, -0.2) is 4.98 Å². The number of carbonyl (C=O) groups is 1. The predicted molar refractivity (Wildman–Crippen MR) is 115 cm³/mol. The van der Waals surface area contributed by atoms with Crippen LogP contribution in [0.3, 0.4) is 0 Å². The number of imidazole rings is 1. The number of para-hydroxylation sites is 2. The van der Waals surface area contributed by atoms with E-state index in [1.807, 2.05) is 54.0 Å². The fourth-order valence-corrected chi connectivity index (χ4v) is 3.84. The summed E-state index contributed by atoms with van der Waals surface area (Å²) in [5.74, 6) is 0.971. The van der Waals surface area contributed by atoms with Crippen molar-refractivity contribution in [1.29, 1.82) is 0 Å². The van der Waals surface area contributed by atoms with Crippen LogP contribution < -0.4 is 4.74 Å². The molecule has 0 saturated carbocycles. The minimum Gasteiger partial charge on any atom is -0.497 e. The molecular formula is C24H25N3O2. The van der Waals surface area contributed by atoms with Gasteiger partial charge in [0.15, 0.2) is 5.78 Å². The Morgan fingerprint density at radius 1 is 1.07 bits per heavy atom. The van der Waals surface area contributed by atoms with Gasteiger partial charge in [0.1, 0.15) is 5.75 Å². The van der Waals surface area contributed by atoms with Crippen LogP contribution in [0.2, 0.25) is 0 Å². The zero-order chi connectivity index (χ0) is 20.4. The van der Waals surface area contributed by atoms with E-state index in [9.17, 15) is 4.79 Å². The molecule has 148 valence electrons. The molecule has 0 spiro atoms. The lowest BCUT2D eigenvalue weighted by Gasteiger charge is -2.10. The Kier molecular flexibility index (Phi) is 5.21.